The van der Waals surface area contributed by atoms with Crippen LogP contribution in [0, 0.1) is 82.9 Å². The molecule has 0 bridgehead atoms. The molecule has 20 atom stereocenters. The fraction of sp³-hybridized carbons (Fsp3) is 0.593. The summed E-state index contributed by atoms with van der Waals surface area (Å²) in [6.07, 6.45) is 26.1. The first kappa shape index (κ1) is 119. The van der Waals surface area contributed by atoms with E-state index >= 15 is 0 Å². The molecule has 0 amide bonds. The van der Waals surface area contributed by atoms with Crippen molar-refractivity contribution < 1.29 is 117 Å². The molecule has 30 heteroatoms. The van der Waals surface area contributed by atoms with Crippen molar-refractivity contribution in [2.75, 3.05) is 0 Å². The highest BCUT2D eigenvalue weighted by molar-refractivity contribution is 7.10. The van der Waals surface area contributed by atoms with Crippen LogP contribution in [0.1, 0.15) is 288 Å². The number of cyclic esters (lactones) is 4. The normalized spacial score (nSPS) is 32.3. The van der Waals surface area contributed by atoms with Gasteiger partial charge in [-0.1, -0.05) is 206 Å². The van der Waals surface area contributed by atoms with Crippen LogP contribution in [-0.4, -0.2) is 191 Å². The minimum atomic E-state index is -1.28. The highest BCUT2D eigenvalue weighted by atomic mass is 32.1. The molecule has 4 aliphatic heterocycles. The van der Waals surface area contributed by atoms with Gasteiger partial charge in [0.05, 0.1) is 119 Å². The first-order chi connectivity index (χ1) is 64.4. The highest BCUT2D eigenvalue weighted by Gasteiger charge is 2.47. The lowest BCUT2D eigenvalue weighted by Crippen LogP contribution is -2.45. The molecule has 0 aromatic carbocycles. The number of carbonyl (C=O) groups excluding carboxylic acids is 8. The van der Waals surface area contributed by atoms with Gasteiger partial charge in [0.25, 0.3) is 0 Å². The van der Waals surface area contributed by atoms with E-state index in [1.165, 1.54) is 23.9 Å². The Hall–Kier alpha value is -9.28. The van der Waals surface area contributed by atoms with Crippen molar-refractivity contribution in [3.8, 4) is 0 Å². The zero-order chi connectivity index (χ0) is 104. The average molecular weight is 1960 g/mol. The molecule has 0 aliphatic carbocycles. The van der Waals surface area contributed by atoms with Crippen molar-refractivity contribution in [2.45, 2.75) is 344 Å². The Kier molecular flexibility index (Phi) is 47.7. The fourth-order valence-corrected chi connectivity index (χ4v) is 17.4. The van der Waals surface area contributed by atoms with Crippen molar-refractivity contribution in [3.63, 3.8) is 0 Å². The van der Waals surface area contributed by atoms with Gasteiger partial charge in [-0.2, -0.15) is 0 Å². The second-order valence-electron chi connectivity index (χ2n) is 40.1. The van der Waals surface area contributed by atoms with Crippen LogP contribution >= 0.6 is 22.7 Å². The van der Waals surface area contributed by atoms with Crippen LogP contribution in [0.15, 0.2) is 150 Å². The van der Waals surface area contributed by atoms with E-state index in [1.807, 2.05) is 185 Å². The predicted molar refractivity (Wildman–Crippen MR) is 536 cm³/mol. The Morgan fingerprint density at radius 1 is 0.362 bits per heavy atom. The number of aliphatic hydroxyl groups excluding tert-OH is 10. The van der Waals surface area contributed by atoms with E-state index in [4.69, 9.17) is 32.9 Å². The number of rotatable bonds is 10. The topological polar surface area (TPSA) is 454 Å². The second-order valence-corrected chi connectivity index (χ2v) is 42.2. The van der Waals surface area contributed by atoms with Gasteiger partial charge in [0, 0.05) is 90.7 Å². The van der Waals surface area contributed by atoms with Crippen LogP contribution < -0.4 is 0 Å². The molecule has 0 fully saturated rings. The maximum Gasteiger partial charge on any atom is 0.309 e. The minimum Gasteiger partial charge on any atom is -0.457 e. The number of esters is 4. The lowest BCUT2D eigenvalue weighted by molar-refractivity contribution is -0.155. The molecule has 0 spiro atoms. The second kappa shape index (κ2) is 55.2. The largest absolute Gasteiger partial charge is 0.457 e. The third-order valence-corrected chi connectivity index (χ3v) is 28.4. The van der Waals surface area contributed by atoms with Crippen LogP contribution in [0.5, 0.6) is 0 Å². The molecule has 0 radical (unpaired) electrons. The van der Waals surface area contributed by atoms with Crippen molar-refractivity contribution in [2.24, 2.45) is 69.0 Å². The third kappa shape index (κ3) is 36.4. The maximum atomic E-state index is 13.1. The highest BCUT2D eigenvalue weighted by Crippen LogP contribution is 2.39. The average Bonchev–Trinajstić information content (AvgIpc) is 1.10. The first-order valence-corrected chi connectivity index (χ1v) is 49.5. The molecule has 8 rings (SSSR count). The summed E-state index contributed by atoms with van der Waals surface area (Å²) in [5.41, 5.74) is 5.15. The van der Waals surface area contributed by atoms with E-state index in [2.05, 4.69) is 19.9 Å². The maximum absolute atomic E-state index is 13.1. The molecule has 28 nitrogen and oxygen atoms in total. The summed E-state index contributed by atoms with van der Waals surface area (Å²) in [5.74, 6) is -6.64. The van der Waals surface area contributed by atoms with E-state index in [-0.39, 0.29) is 91.6 Å². The Labute approximate surface area is 824 Å². The van der Waals surface area contributed by atoms with Crippen LogP contribution in [0.4, 0.5) is 0 Å². The van der Waals surface area contributed by atoms with Crippen molar-refractivity contribution in [3.05, 3.63) is 185 Å². The van der Waals surface area contributed by atoms with Gasteiger partial charge in [-0.3, -0.25) is 38.4 Å². The van der Waals surface area contributed by atoms with Crippen molar-refractivity contribution in [1.82, 2.24) is 19.9 Å². The molecule has 4 aromatic rings. The first-order valence-electron chi connectivity index (χ1n) is 47.7. The summed E-state index contributed by atoms with van der Waals surface area (Å²) in [7, 11) is 0. The number of aliphatic hydroxyl groups is 10. The molecule has 0 saturated heterocycles. The zero-order valence-corrected chi connectivity index (χ0v) is 87.4. The van der Waals surface area contributed by atoms with E-state index < -0.39 is 142 Å². The fourth-order valence-electron chi connectivity index (χ4n) is 16.3. The van der Waals surface area contributed by atoms with E-state index in [9.17, 15) is 84.3 Å². The van der Waals surface area contributed by atoms with E-state index in [1.54, 1.807) is 114 Å². The van der Waals surface area contributed by atoms with Crippen LogP contribution in [-0.2, 0) is 70.5 Å². The number of aromatic nitrogens is 4. The van der Waals surface area contributed by atoms with Gasteiger partial charge in [0.2, 0.25) is 5.89 Å². The number of hydrogen-bond acceptors (Lipinski definition) is 30. The van der Waals surface area contributed by atoms with Crippen LogP contribution in [0.2, 0.25) is 0 Å². The number of carbonyl (C=O) groups is 8. The Morgan fingerprint density at radius 3 is 0.862 bits per heavy atom. The number of oxazole rings is 2. The summed E-state index contributed by atoms with van der Waals surface area (Å²) >= 11 is 2.91. The van der Waals surface area contributed by atoms with Gasteiger partial charge in [-0.15, -0.1) is 22.7 Å². The molecule has 0 unspecified atom stereocenters. The van der Waals surface area contributed by atoms with Crippen molar-refractivity contribution >= 4 is 94.0 Å². The summed E-state index contributed by atoms with van der Waals surface area (Å²) in [5, 5.41) is 110. The molecule has 0 saturated carbocycles. The van der Waals surface area contributed by atoms with Gasteiger partial charge in [0.1, 0.15) is 83.1 Å². The standard InChI is InChI=1S/C27H39NO7.C27H39NO6S.C27H39NO6.C27H39NO5S/c1-16-8-7-9-17(2)25(32)19(4)26(33)27(5,6)22(30)13-24(31)35-21(11-10-16)18(3)12-20-15-34-23(14-29)28-20;1-16-8-7-9-17(2)25(32)19(4)26(33)27(5,6)22(30)13-24(31)34-21(11-10-16)18(3)12-20-15-35-23(14-29)28-20;1-16-9-8-10-17(2)25(31)19(4)26(32)27(6,7)23(29)14-24(30)34-22(12-11-16)18(3)13-21-15-33-20(5)28-21;1-16-9-8-10-17(2)25(31)19(4)26(32)27(6,7)23(29)14-24(30)33-22(12-11-16)18(3)13-21-15-34-20(5)28-21/h2*7,9-10,12,15,17,19,21-22,25,29-30,32H,8,11,13-14H2,1-6H3;2*8,10-11,13,15,17,19,22-23,25,29,31H,9,12,14H2,1-7H3/b2*9-7+,16-10-,18-12+;2*10-8+,16-11-,18-13+/t2*17-,19+,21-,22-,25-;2*17-,19+,22-,23-,25-/m0000/s1. The number of ketones is 4. The molecular weight excluding hydrogens is 1800 g/mol. The Morgan fingerprint density at radius 2 is 0.623 bits per heavy atom. The number of Topliss-reactive ketones (excluding diaryl/α,β-unsaturated/α-hetero) is 4. The summed E-state index contributed by atoms with van der Waals surface area (Å²) in [6, 6.07) is 0. The lowest BCUT2D eigenvalue weighted by atomic mass is 9.73. The number of hydrogen-bond donors (Lipinski definition) is 10. The van der Waals surface area contributed by atoms with Crippen molar-refractivity contribution in [1.29, 1.82) is 0 Å². The summed E-state index contributed by atoms with van der Waals surface area (Å²) in [6.45, 7) is 45.5. The molecular formula is C108H156N4O24S2. The van der Waals surface area contributed by atoms with E-state index in [0.29, 0.717) is 84.9 Å². The number of nitrogens with zero attached hydrogens (tertiary/aromatic N) is 4. The van der Waals surface area contributed by atoms with Gasteiger partial charge in [-0.05, 0) is 135 Å². The van der Waals surface area contributed by atoms with Gasteiger partial charge in [0.15, 0.2) is 5.89 Å². The molecule has 10 N–H and O–H groups in total. The minimum absolute atomic E-state index is 0.133. The summed E-state index contributed by atoms with van der Waals surface area (Å²) in [4.78, 5) is 121. The smallest absolute Gasteiger partial charge is 0.309 e. The predicted octanol–water partition coefficient (Wildman–Crippen LogP) is 17.6. The third-order valence-electron chi connectivity index (χ3n) is 26.7. The molecule has 4 aliphatic rings. The van der Waals surface area contributed by atoms with Gasteiger partial charge in [-0.25, -0.2) is 19.9 Å². The molecule has 764 valence electrons. The van der Waals surface area contributed by atoms with Gasteiger partial charge < -0.3 is 78.8 Å². The van der Waals surface area contributed by atoms with Crippen LogP contribution in [0.3, 0.4) is 0 Å². The number of allylic oxidation sites excluding steroid dienone is 8. The summed E-state index contributed by atoms with van der Waals surface area (Å²) < 4.78 is 33.5. The SMILES string of the molecule is C/C1=C/C[C@@H](/C(C)=C/c2coc(C)n2)OC(=O)C[C@H](O)C(C)(C)C(=O)[C@H](C)[C@@H](O)[C@@H](C)/C=C/C1.C/C1=C/C[C@@H](/C(C)=C/c2coc(CO)n2)OC(=O)C[C@H](O)C(C)(C)C(=O)[C@H](C)[C@@H](O)[C@@H](C)/C=C/C1.C/C1=C/C[C@@H](/C(C)=C/c2csc(C)n2)OC(=O)C[C@H](O)C(C)(C)C(=O)[C@H](C)[C@@H](O)[C@@H](C)/C=C/C1.C/C1=C/C[C@@H](/C(C)=C/c2csc(CO)n2)OC(=O)C[C@H](O)C(C)(C)C(=O)[C@H](C)[C@@H](O)[C@@H](C)/C=C/C1. The number of thiazole rings is 2. The monoisotopic (exact) mass is 1960 g/mol. The van der Waals surface area contributed by atoms with Crippen LogP contribution in [0.25, 0.3) is 24.3 Å². The Bertz CT molecular complexity index is 4790. The molecule has 138 heavy (non-hydrogen) atoms. The molecule has 4 aromatic heterocycles. The zero-order valence-electron chi connectivity index (χ0n) is 85.8. The number of aryl methyl sites for hydroxylation is 2. The lowest BCUT2D eigenvalue weighted by Gasteiger charge is -2.34. The quantitative estimate of drug-likeness (QED) is 0.0400. The van der Waals surface area contributed by atoms with Gasteiger partial charge >= 0.3 is 23.9 Å². The number of ether oxygens (including phenoxy) is 4. The van der Waals surface area contributed by atoms with E-state index in [0.717, 1.165) is 49.7 Å². The Balaban J connectivity index is 0.000000325. The molecule has 8 heterocycles.